The number of likely N-dealkylation sites (N-methyl/N-ethyl adjacent to an activating group) is 1. The molecule has 0 unspecified atom stereocenters. The van der Waals surface area contributed by atoms with Gasteiger partial charge in [-0.15, -0.1) is 0 Å². The number of pyridine rings is 2. The van der Waals surface area contributed by atoms with Crippen LogP contribution < -0.4 is 4.90 Å². The molecule has 2 aromatic heterocycles. The minimum atomic E-state index is -0.907. The number of piperidine rings is 1. The molecular weight excluding hydrogens is 378 g/mol. The summed E-state index contributed by atoms with van der Waals surface area (Å²) in [6, 6.07) is 3.90. The zero-order valence-corrected chi connectivity index (χ0v) is 18.0. The Morgan fingerprint density at radius 1 is 1.20 bits per heavy atom. The van der Waals surface area contributed by atoms with Gasteiger partial charge in [0.2, 0.25) is 5.91 Å². The largest absolute Gasteiger partial charge is 0.386 e. The molecule has 2 aromatic rings. The Hall–Kier alpha value is -2.25. The minimum Gasteiger partial charge on any atom is -0.386 e. The third-order valence-electron chi connectivity index (χ3n) is 6.44. The lowest BCUT2D eigenvalue weighted by atomic mass is 9.91. The van der Waals surface area contributed by atoms with Crippen molar-refractivity contribution in [3.05, 3.63) is 30.7 Å². The second-order valence-electron chi connectivity index (χ2n) is 8.87. The van der Waals surface area contributed by atoms with E-state index in [-0.39, 0.29) is 5.91 Å². The maximum absolute atomic E-state index is 12.6. The summed E-state index contributed by atoms with van der Waals surface area (Å²) in [4.78, 5) is 27.7. The summed E-state index contributed by atoms with van der Waals surface area (Å²) in [7, 11) is 1.82. The van der Waals surface area contributed by atoms with Gasteiger partial charge in [-0.25, -0.2) is 0 Å². The Labute approximate surface area is 178 Å². The summed E-state index contributed by atoms with van der Waals surface area (Å²) >= 11 is 0. The summed E-state index contributed by atoms with van der Waals surface area (Å²) in [5.74, 6) is 0.123. The SMILES string of the molecule is CN(C[C@]1(O)CCCN(c2ccnc3ccncc23)C1)C(=O)CCCN1CCCC1. The van der Waals surface area contributed by atoms with Crippen molar-refractivity contribution in [3.63, 3.8) is 0 Å². The van der Waals surface area contributed by atoms with Gasteiger partial charge >= 0.3 is 0 Å². The standard InChI is InChI=1S/C23H33N5O2/c1-26(22(29)6-4-14-27-12-2-3-13-27)17-23(30)9-5-15-28(18-23)21-8-11-25-20-7-10-24-16-19(20)21/h7-8,10-11,16,30H,2-6,9,12-15,17-18H2,1H3/t23-/m1/s1. The number of nitrogens with zero attached hydrogens (tertiary/aromatic N) is 5. The third kappa shape index (κ3) is 4.90. The number of rotatable bonds is 7. The molecule has 2 aliphatic heterocycles. The number of aliphatic hydroxyl groups is 1. The molecule has 2 aliphatic rings. The lowest BCUT2D eigenvalue weighted by Gasteiger charge is -2.42. The average molecular weight is 412 g/mol. The monoisotopic (exact) mass is 411 g/mol. The quantitative estimate of drug-likeness (QED) is 0.754. The number of hydrogen-bond acceptors (Lipinski definition) is 6. The molecular formula is C23H33N5O2. The van der Waals surface area contributed by atoms with E-state index in [0.29, 0.717) is 25.9 Å². The molecule has 1 N–H and O–H groups in total. The fourth-order valence-corrected chi connectivity index (χ4v) is 4.88. The van der Waals surface area contributed by atoms with Crippen LogP contribution in [0.4, 0.5) is 5.69 Å². The molecule has 0 aromatic carbocycles. The normalized spacial score (nSPS) is 22.5. The summed E-state index contributed by atoms with van der Waals surface area (Å²) in [5.41, 5.74) is 1.04. The molecule has 0 bridgehead atoms. The number of β-amino-alcohol motifs (C(OH)–C–C–N with tert-alkyl or cyclic N) is 1. The highest BCUT2D eigenvalue weighted by molar-refractivity contribution is 5.90. The van der Waals surface area contributed by atoms with E-state index in [0.717, 1.165) is 42.5 Å². The number of fused-ring (bicyclic) bond motifs is 1. The predicted molar refractivity (Wildman–Crippen MR) is 118 cm³/mol. The van der Waals surface area contributed by atoms with Crippen molar-refractivity contribution in [2.24, 2.45) is 0 Å². The fourth-order valence-electron chi connectivity index (χ4n) is 4.88. The van der Waals surface area contributed by atoms with Crippen LogP contribution >= 0.6 is 0 Å². The molecule has 30 heavy (non-hydrogen) atoms. The molecule has 0 aliphatic carbocycles. The van der Waals surface area contributed by atoms with Gasteiger partial charge in [-0.1, -0.05) is 0 Å². The summed E-state index contributed by atoms with van der Waals surface area (Å²) in [5, 5.41) is 12.3. The van der Waals surface area contributed by atoms with Crippen LogP contribution in [0.1, 0.15) is 38.5 Å². The summed E-state index contributed by atoms with van der Waals surface area (Å²) in [6.07, 6.45) is 11.0. The van der Waals surface area contributed by atoms with E-state index in [1.54, 1.807) is 17.3 Å². The van der Waals surface area contributed by atoms with Gasteiger partial charge in [0.05, 0.1) is 17.7 Å². The molecule has 162 valence electrons. The predicted octanol–water partition coefficient (Wildman–Crippen LogP) is 2.30. The third-order valence-corrected chi connectivity index (χ3v) is 6.44. The molecule has 7 nitrogen and oxygen atoms in total. The van der Waals surface area contributed by atoms with E-state index in [1.165, 1.54) is 25.9 Å². The molecule has 1 atom stereocenters. The number of carbonyl (C=O) groups excluding carboxylic acids is 1. The van der Waals surface area contributed by atoms with Gasteiger partial charge in [0, 0.05) is 56.2 Å². The summed E-state index contributed by atoms with van der Waals surface area (Å²) < 4.78 is 0. The van der Waals surface area contributed by atoms with Crippen LogP contribution in [0.2, 0.25) is 0 Å². The van der Waals surface area contributed by atoms with Gasteiger partial charge in [0.15, 0.2) is 0 Å². The first kappa shape index (κ1) is 21.0. The molecule has 1 amide bonds. The van der Waals surface area contributed by atoms with Crippen LogP contribution in [0, 0.1) is 0 Å². The lowest BCUT2D eigenvalue weighted by Crippen LogP contribution is -2.54. The van der Waals surface area contributed by atoms with Crippen molar-refractivity contribution in [2.45, 2.75) is 44.1 Å². The van der Waals surface area contributed by atoms with Crippen molar-refractivity contribution >= 4 is 22.5 Å². The lowest BCUT2D eigenvalue weighted by molar-refractivity contribution is -0.133. The highest BCUT2D eigenvalue weighted by atomic mass is 16.3. The molecule has 4 rings (SSSR count). The Kier molecular flexibility index (Phi) is 6.49. The highest BCUT2D eigenvalue weighted by Gasteiger charge is 2.36. The maximum atomic E-state index is 12.6. The first-order chi connectivity index (χ1) is 14.5. The molecule has 0 radical (unpaired) electrons. The van der Waals surface area contributed by atoms with Gasteiger partial charge in [-0.05, 0) is 63.9 Å². The highest BCUT2D eigenvalue weighted by Crippen LogP contribution is 2.31. The van der Waals surface area contributed by atoms with Crippen molar-refractivity contribution in [1.82, 2.24) is 19.8 Å². The van der Waals surface area contributed by atoms with Crippen molar-refractivity contribution in [3.8, 4) is 0 Å². The van der Waals surface area contributed by atoms with E-state index in [4.69, 9.17) is 0 Å². The van der Waals surface area contributed by atoms with Gasteiger partial charge in [0.1, 0.15) is 0 Å². The minimum absolute atomic E-state index is 0.123. The van der Waals surface area contributed by atoms with Crippen molar-refractivity contribution in [1.29, 1.82) is 0 Å². The average Bonchev–Trinajstić information content (AvgIpc) is 3.26. The number of amides is 1. The first-order valence-electron chi connectivity index (χ1n) is 11.2. The van der Waals surface area contributed by atoms with E-state index < -0.39 is 5.60 Å². The van der Waals surface area contributed by atoms with E-state index in [2.05, 4.69) is 19.8 Å². The Morgan fingerprint density at radius 2 is 2.03 bits per heavy atom. The van der Waals surface area contributed by atoms with E-state index in [9.17, 15) is 9.90 Å². The first-order valence-corrected chi connectivity index (χ1v) is 11.2. The Morgan fingerprint density at radius 3 is 2.87 bits per heavy atom. The van der Waals surface area contributed by atoms with Crippen LogP contribution in [0.25, 0.3) is 10.9 Å². The van der Waals surface area contributed by atoms with Crippen molar-refractivity contribution in [2.75, 3.05) is 51.2 Å². The Balaban J connectivity index is 1.35. The maximum Gasteiger partial charge on any atom is 0.222 e. The number of hydrogen-bond donors (Lipinski definition) is 1. The van der Waals surface area contributed by atoms with Crippen LogP contribution in [0.5, 0.6) is 0 Å². The second kappa shape index (κ2) is 9.27. The van der Waals surface area contributed by atoms with Gasteiger partial charge in [-0.2, -0.15) is 0 Å². The number of carbonyl (C=O) groups is 1. The number of aromatic nitrogens is 2. The molecule has 0 saturated carbocycles. The number of anilines is 1. The van der Waals surface area contributed by atoms with Gasteiger partial charge in [-0.3, -0.25) is 14.8 Å². The molecule has 7 heteroatoms. The van der Waals surface area contributed by atoms with Crippen LogP contribution in [-0.4, -0.2) is 82.7 Å². The summed E-state index contributed by atoms with van der Waals surface area (Å²) in [6.45, 7) is 5.09. The van der Waals surface area contributed by atoms with Crippen LogP contribution in [0.15, 0.2) is 30.7 Å². The van der Waals surface area contributed by atoms with Crippen LogP contribution in [-0.2, 0) is 4.79 Å². The van der Waals surface area contributed by atoms with Crippen molar-refractivity contribution < 1.29 is 9.90 Å². The van der Waals surface area contributed by atoms with Gasteiger partial charge in [0.25, 0.3) is 0 Å². The molecule has 0 spiro atoms. The second-order valence-corrected chi connectivity index (χ2v) is 8.87. The topological polar surface area (TPSA) is 72.8 Å². The smallest absolute Gasteiger partial charge is 0.222 e. The van der Waals surface area contributed by atoms with Crippen LogP contribution in [0.3, 0.4) is 0 Å². The molecule has 4 heterocycles. The van der Waals surface area contributed by atoms with Gasteiger partial charge < -0.3 is 19.8 Å². The zero-order chi connectivity index (χ0) is 21.0. The van der Waals surface area contributed by atoms with E-state index in [1.807, 2.05) is 25.4 Å². The molecule has 2 fully saturated rings. The fraction of sp³-hybridized carbons (Fsp3) is 0.609. The number of likely N-dealkylation sites (tertiary alicyclic amines) is 1. The molecule has 2 saturated heterocycles. The zero-order valence-electron chi connectivity index (χ0n) is 18.0. The van der Waals surface area contributed by atoms with E-state index >= 15 is 0 Å². The Bertz CT molecular complexity index is 864.